The SMILES string of the molecule is CC(=O)C1(O)CC=Cc2cccc([N+](=O)[O-])c21. The summed E-state index contributed by atoms with van der Waals surface area (Å²) in [7, 11) is 0. The average molecular weight is 233 g/mol. The van der Waals surface area contributed by atoms with E-state index in [-0.39, 0.29) is 17.7 Å². The second kappa shape index (κ2) is 3.78. The van der Waals surface area contributed by atoms with Gasteiger partial charge in [0.05, 0.1) is 10.5 Å². The van der Waals surface area contributed by atoms with Crippen LogP contribution in [0.2, 0.25) is 0 Å². The number of nitro benzene ring substituents is 1. The first kappa shape index (κ1) is 11.5. The largest absolute Gasteiger partial charge is 0.377 e. The van der Waals surface area contributed by atoms with E-state index >= 15 is 0 Å². The van der Waals surface area contributed by atoms with E-state index in [1.807, 2.05) is 0 Å². The zero-order valence-corrected chi connectivity index (χ0v) is 9.21. The molecule has 5 nitrogen and oxygen atoms in total. The summed E-state index contributed by atoms with van der Waals surface area (Å²) in [6.07, 6.45) is 3.40. The Morgan fingerprint density at radius 1 is 1.53 bits per heavy atom. The Labute approximate surface area is 97.5 Å². The molecule has 1 N–H and O–H groups in total. The van der Waals surface area contributed by atoms with Crippen LogP contribution in [0, 0.1) is 10.1 Å². The molecule has 0 aromatic heterocycles. The number of rotatable bonds is 2. The van der Waals surface area contributed by atoms with Gasteiger partial charge in [-0.3, -0.25) is 14.9 Å². The number of hydrogen-bond donors (Lipinski definition) is 1. The van der Waals surface area contributed by atoms with E-state index in [9.17, 15) is 20.0 Å². The fraction of sp³-hybridized carbons (Fsp3) is 0.250. The minimum atomic E-state index is -1.78. The number of carbonyl (C=O) groups excluding carboxylic acids is 1. The second-order valence-electron chi connectivity index (χ2n) is 4.02. The molecule has 1 aromatic rings. The average Bonchev–Trinajstić information content (AvgIpc) is 2.28. The van der Waals surface area contributed by atoms with Crippen LogP contribution < -0.4 is 0 Å². The summed E-state index contributed by atoms with van der Waals surface area (Å²) in [6.45, 7) is 1.24. The summed E-state index contributed by atoms with van der Waals surface area (Å²) in [5.41, 5.74) is -1.39. The molecule has 0 heterocycles. The van der Waals surface area contributed by atoms with Crippen molar-refractivity contribution in [3.8, 4) is 0 Å². The van der Waals surface area contributed by atoms with Gasteiger partial charge in [-0.05, 0) is 12.5 Å². The predicted molar refractivity (Wildman–Crippen MR) is 61.3 cm³/mol. The summed E-state index contributed by atoms with van der Waals surface area (Å²) >= 11 is 0. The number of fused-ring (bicyclic) bond motifs is 1. The number of carbonyl (C=O) groups is 1. The van der Waals surface area contributed by atoms with Crippen LogP contribution in [0.25, 0.3) is 6.08 Å². The predicted octanol–water partition coefficient (Wildman–Crippen LogP) is 1.79. The van der Waals surface area contributed by atoms with Crippen LogP contribution >= 0.6 is 0 Å². The molecule has 1 aromatic carbocycles. The Hall–Kier alpha value is -2.01. The Morgan fingerprint density at radius 2 is 2.24 bits per heavy atom. The highest BCUT2D eigenvalue weighted by Crippen LogP contribution is 2.39. The lowest BCUT2D eigenvalue weighted by Gasteiger charge is -2.28. The molecule has 0 amide bonds. The molecular weight excluding hydrogens is 222 g/mol. The third-order valence-corrected chi connectivity index (χ3v) is 2.98. The zero-order chi connectivity index (χ0) is 12.6. The Bertz CT molecular complexity index is 535. The van der Waals surface area contributed by atoms with Crippen molar-refractivity contribution >= 4 is 17.5 Å². The summed E-state index contributed by atoms with van der Waals surface area (Å²) in [5, 5.41) is 21.3. The van der Waals surface area contributed by atoms with Gasteiger partial charge in [0.1, 0.15) is 0 Å². The fourth-order valence-electron chi connectivity index (χ4n) is 2.08. The van der Waals surface area contributed by atoms with Crippen LogP contribution in [-0.2, 0) is 10.4 Å². The molecule has 1 aliphatic carbocycles. The molecule has 1 aliphatic rings. The topological polar surface area (TPSA) is 80.4 Å². The molecule has 0 fully saturated rings. The van der Waals surface area contributed by atoms with Crippen LogP contribution in [0.15, 0.2) is 24.3 Å². The maximum Gasteiger partial charge on any atom is 0.276 e. The molecule has 5 heteroatoms. The first-order chi connectivity index (χ1) is 7.97. The van der Waals surface area contributed by atoms with E-state index in [2.05, 4.69) is 0 Å². The molecule has 0 bridgehead atoms. The van der Waals surface area contributed by atoms with Gasteiger partial charge in [-0.25, -0.2) is 0 Å². The van der Waals surface area contributed by atoms with E-state index in [0.29, 0.717) is 5.56 Å². The Morgan fingerprint density at radius 3 is 2.82 bits per heavy atom. The molecule has 0 radical (unpaired) electrons. The lowest BCUT2D eigenvalue weighted by Crippen LogP contribution is -2.36. The number of ketones is 1. The lowest BCUT2D eigenvalue weighted by molar-refractivity contribution is -0.386. The van der Waals surface area contributed by atoms with Crippen molar-refractivity contribution in [3.63, 3.8) is 0 Å². The summed E-state index contributed by atoms with van der Waals surface area (Å²) in [4.78, 5) is 21.9. The second-order valence-corrected chi connectivity index (χ2v) is 4.02. The summed E-state index contributed by atoms with van der Waals surface area (Å²) < 4.78 is 0. The van der Waals surface area contributed by atoms with Crippen LogP contribution in [-0.4, -0.2) is 15.8 Å². The van der Waals surface area contributed by atoms with Gasteiger partial charge in [0.15, 0.2) is 11.4 Å². The minimum absolute atomic E-state index is 0.0696. The normalized spacial score (nSPS) is 22.0. The Kier molecular flexibility index (Phi) is 2.55. The molecule has 0 spiro atoms. The molecule has 0 saturated carbocycles. The highest BCUT2D eigenvalue weighted by Gasteiger charge is 2.42. The fourth-order valence-corrected chi connectivity index (χ4v) is 2.08. The maximum atomic E-state index is 11.6. The van der Waals surface area contributed by atoms with Crippen molar-refractivity contribution in [1.29, 1.82) is 0 Å². The highest BCUT2D eigenvalue weighted by molar-refractivity contribution is 5.90. The van der Waals surface area contributed by atoms with Crippen LogP contribution in [0.1, 0.15) is 24.5 Å². The van der Waals surface area contributed by atoms with Crippen molar-refractivity contribution < 1.29 is 14.8 Å². The maximum absolute atomic E-state index is 11.6. The van der Waals surface area contributed by atoms with E-state index in [4.69, 9.17) is 0 Å². The van der Waals surface area contributed by atoms with Crippen LogP contribution in [0.3, 0.4) is 0 Å². The van der Waals surface area contributed by atoms with E-state index in [0.717, 1.165) is 0 Å². The first-order valence-corrected chi connectivity index (χ1v) is 5.14. The summed E-state index contributed by atoms with van der Waals surface area (Å²) in [5.74, 6) is -0.489. The molecule has 1 unspecified atom stereocenters. The van der Waals surface area contributed by atoms with Crippen molar-refractivity contribution in [2.24, 2.45) is 0 Å². The quantitative estimate of drug-likeness (QED) is 0.623. The van der Waals surface area contributed by atoms with Gasteiger partial charge in [-0.15, -0.1) is 0 Å². The van der Waals surface area contributed by atoms with Gasteiger partial charge in [0.2, 0.25) is 0 Å². The van der Waals surface area contributed by atoms with Crippen LogP contribution in [0.5, 0.6) is 0 Å². The van der Waals surface area contributed by atoms with Gasteiger partial charge in [-0.2, -0.15) is 0 Å². The van der Waals surface area contributed by atoms with Gasteiger partial charge in [0, 0.05) is 12.5 Å². The number of benzene rings is 1. The lowest BCUT2D eigenvalue weighted by atomic mass is 9.79. The monoisotopic (exact) mass is 233 g/mol. The molecule has 0 saturated heterocycles. The standard InChI is InChI=1S/C12H11NO4/c1-8(14)12(15)7-3-5-9-4-2-6-10(11(9)12)13(16)17/h2-6,15H,7H2,1H3. The van der Waals surface area contributed by atoms with Gasteiger partial charge in [-0.1, -0.05) is 24.3 Å². The first-order valence-electron chi connectivity index (χ1n) is 5.14. The highest BCUT2D eigenvalue weighted by atomic mass is 16.6. The molecular formula is C12H11NO4. The van der Waals surface area contributed by atoms with Crippen molar-refractivity contribution in [3.05, 3.63) is 45.5 Å². The smallest absolute Gasteiger partial charge is 0.276 e. The number of hydrogen-bond acceptors (Lipinski definition) is 4. The molecule has 0 aliphatic heterocycles. The van der Waals surface area contributed by atoms with Gasteiger partial charge < -0.3 is 5.11 Å². The number of aliphatic hydroxyl groups is 1. The van der Waals surface area contributed by atoms with Crippen molar-refractivity contribution in [2.45, 2.75) is 18.9 Å². The van der Waals surface area contributed by atoms with Crippen molar-refractivity contribution in [2.75, 3.05) is 0 Å². The number of Topliss-reactive ketones (excluding diaryl/α,β-unsaturated/α-hetero) is 1. The number of nitrogens with zero attached hydrogens (tertiary/aromatic N) is 1. The zero-order valence-electron chi connectivity index (χ0n) is 9.21. The van der Waals surface area contributed by atoms with E-state index in [1.54, 1.807) is 18.2 Å². The molecule has 88 valence electrons. The molecule has 1 atom stereocenters. The Balaban J connectivity index is 2.76. The minimum Gasteiger partial charge on any atom is -0.377 e. The number of nitro groups is 1. The van der Waals surface area contributed by atoms with Crippen LogP contribution in [0.4, 0.5) is 5.69 Å². The van der Waals surface area contributed by atoms with Gasteiger partial charge in [0.25, 0.3) is 5.69 Å². The third-order valence-electron chi connectivity index (χ3n) is 2.98. The van der Waals surface area contributed by atoms with Gasteiger partial charge >= 0.3 is 0 Å². The molecule has 17 heavy (non-hydrogen) atoms. The van der Waals surface area contributed by atoms with Crippen molar-refractivity contribution in [1.82, 2.24) is 0 Å². The van der Waals surface area contributed by atoms with E-state index in [1.165, 1.54) is 19.1 Å². The van der Waals surface area contributed by atoms with E-state index < -0.39 is 16.3 Å². The third kappa shape index (κ3) is 1.64. The molecule has 2 rings (SSSR count). The summed E-state index contributed by atoms with van der Waals surface area (Å²) in [6, 6.07) is 4.48.